The molecule has 2 rings (SSSR count). The number of aliphatic carboxylic acids is 1. The Balaban J connectivity index is 2.19. The molecule has 0 saturated carbocycles. The molecule has 0 aliphatic carbocycles. The van der Waals surface area contributed by atoms with Gasteiger partial charge < -0.3 is 15.7 Å². The molecule has 2 aromatic rings. The van der Waals surface area contributed by atoms with Crippen LogP contribution in [0.25, 0.3) is 0 Å². The number of hydrogen-bond donors (Lipinski definition) is 3. The number of hydrogen-bond acceptors (Lipinski definition) is 3. The number of amides is 2. The predicted octanol–water partition coefficient (Wildman–Crippen LogP) is 2.25. The normalized spacial score (nSPS) is 12.9. The molecule has 6 nitrogen and oxygen atoms in total. The maximum absolute atomic E-state index is 12.7. The van der Waals surface area contributed by atoms with Gasteiger partial charge >= 0.3 is 5.97 Å². The van der Waals surface area contributed by atoms with Crippen molar-refractivity contribution in [2.75, 3.05) is 0 Å². The van der Waals surface area contributed by atoms with Crippen LogP contribution in [0.1, 0.15) is 29.8 Å². The molecule has 0 saturated heterocycles. The third-order valence-corrected chi connectivity index (χ3v) is 4.17. The van der Waals surface area contributed by atoms with Gasteiger partial charge in [0.15, 0.2) is 0 Å². The Kier molecular flexibility index (Phi) is 7.11. The van der Waals surface area contributed by atoms with Crippen LogP contribution in [0.4, 0.5) is 0 Å². The molecule has 2 aromatic carbocycles. The topological polar surface area (TPSA) is 95.5 Å². The van der Waals surface area contributed by atoms with Crippen molar-refractivity contribution in [3.05, 3.63) is 71.8 Å². The van der Waals surface area contributed by atoms with E-state index < -0.39 is 24.0 Å². The van der Waals surface area contributed by atoms with E-state index in [-0.39, 0.29) is 18.2 Å². The lowest BCUT2D eigenvalue weighted by molar-refractivity contribution is -0.143. The maximum Gasteiger partial charge on any atom is 0.326 e. The highest BCUT2D eigenvalue weighted by molar-refractivity contribution is 5.98. The Hall–Kier alpha value is -3.15. The van der Waals surface area contributed by atoms with E-state index >= 15 is 0 Å². The second kappa shape index (κ2) is 9.52. The minimum atomic E-state index is -1.11. The Morgan fingerprint density at radius 2 is 1.44 bits per heavy atom. The third-order valence-electron chi connectivity index (χ3n) is 4.17. The van der Waals surface area contributed by atoms with E-state index in [1.165, 1.54) is 0 Å². The van der Waals surface area contributed by atoms with Gasteiger partial charge in [-0.25, -0.2) is 4.79 Å². The van der Waals surface area contributed by atoms with Crippen molar-refractivity contribution in [3.8, 4) is 0 Å². The first-order valence-electron chi connectivity index (χ1n) is 8.81. The van der Waals surface area contributed by atoms with Gasteiger partial charge in [-0.2, -0.15) is 0 Å². The van der Waals surface area contributed by atoms with Gasteiger partial charge in [0, 0.05) is 12.0 Å². The Morgan fingerprint density at radius 3 is 1.96 bits per heavy atom. The summed E-state index contributed by atoms with van der Waals surface area (Å²) >= 11 is 0. The van der Waals surface area contributed by atoms with E-state index in [2.05, 4.69) is 10.6 Å². The van der Waals surface area contributed by atoms with Gasteiger partial charge in [0.25, 0.3) is 5.91 Å². The van der Waals surface area contributed by atoms with Crippen LogP contribution in [0.15, 0.2) is 60.7 Å². The maximum atomic E-state index is 12.7. The van der Waals surface area contributed by atoms with E-state index in [1.54, 1.807) is 44.2 Å². The number of carboxylic acid groups (broad SMARTS) is 1. The molecule has 0 heterocycles. The fourth-order valence-electron chi connectivity index (χ4n) is 2.66. The van der Waals surface area contributed by atoms with Gasteiger partial charge in [0.2, 0.25) is 5.91 Å². The minimum Gasteiger partial charge on any atom is -0.480 e. The summed E-state index contributed by atoms with van der Waals surface area (Å²) in [4.78, 5) is 36.6. The van der Waals surface area contributed by atoms with Crippen molar-refractivity contribution >= 4 is 17.8 Å². The second-order valence-electron chi connectivity index (χ2n) is 6.65. The molecule has 2 atom stereocenters. The number of nitrogens with one attached hydrogen (secondary N) is 2. The van der Waals surface area contributed by atoms with Crippen LogP contribution in [0.3, 0.4) is 0 Å². The smallest absolute Gasteiger partial charge is 0.326 e. The standard InChI is InChI=1S/C21H24N2O4/c1-14(2)18(21(26)27)23-20(25)17(13-15-9-5-3-6-10-15)22-19(24)16-11-7-4-8-12-16/h3-12,14,17-18H,13H2,1-2H3,(H,22,24)(H,23,25)(H,26,27)/t17-,18+/m1/s1. The number of benzene rings is 2. The SMILES string of the molecule is CC(C)[C@H](NC(=O)[C@@H](Cc1ccccc1)NC(=O)c1ccccc1)C(=O)O. The van der Waals surface area contributed by atoms with E-state index in [9.17, 15) is 19.5 Å². The summed E-state index contributed by atoms with van der Waals surface area (Å²) in [7, 11) is 0. The largest absolute Gasteiger partial charge is 0.480 e. The number of carbonyl (C=O) groups excluding carboxylic acids is 2. The fraction of sp³-hybridized carbons (Fsp3) is 0.286. The van der Waals surface area contributed by atoms with Crippen molar-refractivity contribution in [1.29, 1.82) is 0 Å². The van der Waals surface area contributed by atoms with Crippen molar-refractivity contribution in [3.63, 3.8) is 0 Å². The monoisotopic (exact) mass is 368 g/mol. The van der Waals surface area contributed by atoms with Gasteiger partial charge in [-0.15, -0.1) is 0 Å². The Morgan fingerprint density at radius 1 is 0.889 bits per heavy atom. The Bertz CT molecular complexity index is 775. The molecule has 27 heavy (non-hydrogen) atoms. The first kappa shape index (κ1) is 20.2. The highest BCUT2D eigenvalue weighted by Gasteiger charge is 2.28. The van der Waals surface area contributed by atoms with Crippen LogP contribution < -0.4 is 10.6 Å². The minimum absolute atomic E-state index is 0.260. The van der Waals surface area contributed by atoms with Crippen molar-refractivity contribution in [1.82, 2.24) is 10.6 Å². The highest BCUT2D eigenvalue weighted by atomic mass is 16.4. The number of rotatable bonds is 8. The zero-order valence-electron chi connectivity index (χ0n) is 15.4. The van der Waals surface area contributed by atoms with E-state index in [1.807, 2.05) is 30.3 Å². The van der Waals surface area contributed by atoms with E-state index in [0.29, 0.717) is 5.56 Å². The average Bonchev–Trinajstić information content (AvgIpc) is 2.66. The van der Waals surface area contributed by atoms with E-state index in [4.69, 9.17) is 0 Å². The van der Waals surface area contributed by atoms with Crippen molar-refractivity contribution in [2.24, 2.45) is 5.92 Å². The predicted molar refractivity (Wildman–Crippen MR) is 102 cm³/mol. The summed E-state index contributed by atoms with van der Waals surface area (Å²) in [6, 6.07) is 15.9. The first-order valence-corrected chi connectivity index (χ1v) is 8.81. The van der Waals surface area contributed by atoms with Gasteiger partial charge in [0.05, 0.1) is 0 Å². The molecule has 6 heteroatoms. The average molecular weight is 368 g/mol. The first-order chi connectivity index (χ1) is 12.9. The molecule has 3 N–H and O–H groups in total. The summed E-state index contributed by atoms with van der Waals surface area (Å²) in [5, 5.41) is 14.6. The molecule has 0 spiro atoms. The zero-order chi connectivity index (χ0) is 19.8. The molecule has 2 amide bonds. The molecular formula is C21H24N2O4. The van der Waals surface area contributed by atoms with Gasteiger partial charge in [-0.05, 0) is 23.6 Å². The van der Waals surface area contributed by atoms with Crippen LogP contribution in [0.5, 0.6) is 0 Å². The molecule has 142 valence electrons. The molecule has 0 fully saturated rings. The zero-order valence-corrected chi connectivity index (χ0v) is 15.4. The van der Waals surface area contributed by atoms with Crippen LogP contribution in [-0.2, 0) is 16.0 Å². The lowest BCUT2D eigenvalue weighted by atomic mass is 10.0. The lowest BCUT2D eigenvalue weighted by Crippen LogP contribution is -2.53. The quantitative estimate of drug-likeness (QED) is 0.666. The summed E-state index contributed by atoms with van der Waals surface area (Å²) in [5.41, 5.74) is 1.30. The summed E-state index contributed by atoms with van der Waals surface area (Å²) < 4.78 is 0. The second-order valence-corrected chi connectivity index (χ2v) is 6.65. The van der Waals surface area contributed by atoms with Crippen LogP contribution in [-0.4, -0.2) is 35.0 Å². The summed E-state index contributed by atoms with van der Waals surface area (Å²) in [6.07, 6.45) is 0.260. The van der Waals surface area contributed by atoms with Crippen LogP contribution in [0.2, 0.25) is 0 Å². The molecule has 0 aromatic heterocycles. The van der Waals surface area contributed by atoms with E-state index in [0.717, 1.165) is 5.56 Å². The summed E-state index contributed by atoms with van der Waals surface area (Å²) in [5.74, 6) is -2.30. The third kappa shape index (κ3) is 5.95. The Labute approximate surface area is 158 Å². The highest BCUT2D eigenvalue weighted by Crippen LogP contribution is 2.08. The van der Waals surface area contributed by atoms with Crippen LogP contribution in [0, 0.1) is 5.92 Å². The molecule has 0 aliphatic heterocycles. The van der Waals surface area contributed by atoms with Crippen molar-refractivity contribution in [2.45, 2.75) is 32.4 Å². The van der Waals surface area contributed by atoms with Crippen LogP contribution >= 0.6 is 0 Å². The van der Waals surface area contributed by atoms with Crippen molar-refractivity contribution < 1.29 is 19.5 Å². The van der Waals surface area contributed by atoms with Gasteiger partial charge in [-0.3, -0.25) is 9.59 Å². The molecular weight excluding hydrogens is 344 g/mol. The number of carbonyl (C=O) groups is 3. The summed E-state index contributed by atoms with van der Waals surface area (Å²) in [6.45, 7) is 3.43. The lowest BCUT2D eigenvalue weighted by Gasteiger charge is -2.23. The molecule has 0 unspecified atom stereocenters. The fourth-order valence-corrected chi connectivity index (χ4v) is 2.66. The van der Waals surface area contributed by atoms with Gasteiger partial charge in [-0.1, -0.05) is 62.4 Å². The number of carboxylic acids is 1. The van der Waals surface area contributed by atoms with Gasteiger partial charge in [0.1, 0.15) is 12.1 Å². The molecule has 0 radical (unpaired) electrons. The molecule has 0 bridgehead atoms. The molecule has 0 aliphatic rings.